The summed E-state index contributed by atoms with van der Waals surface area (Å²) in [6, 6.07) is 10.5. The van der Waals surface area contributed by atoms with E-state index in [9.17, 15) is 9.59 Å². The van der Waals surface area contributed by atoms with Crippen LogP contribution in [-0.2, 0) is 11.2 Å². The third kappa shape index (κ3) is 2.57. The molecule has 1 aliphatic rings. The van der Waals surface area contributed by atoms with Gasteiger partial charge in [0.1, 0.15) is 5.75 Å². The first kappa shape index (κ1) is 13.9. The van der Waals surface area contributed by atoms with Gasteiger partial charge in [0.2, 0.25) is 0 Å². The highest BCUT2D eigenvalue weighted by molar-refractivity contribution is 6.30. The van der Waals surface area contributed by atoms with Crippen LogP contribution in [0, 0.1) is 0 Å². The minimum atomic E-state index is -0.593. The van der Waals surface area contributed by atoms with E-state index in [0.29, 0.717) is 33.9 Å². The van der Waals surface area contributed by atoms with Crippen LogP contribution in [0.15, 0.2) is 41.2 Å². The highest BCUT2D eigenvalue weighted by atomic mass is 35.5. The molecular formula is C16H12ClN3O3. The molecule has 0 fully saturated rings. The predicted molar refractivity (Wildman–Crippen MR) is 87.1 cm³/mol. The van der Waals surface area contributed by atoms with Crippen molar-refractivity contribution in [2.45, 2.75) is 12.5 Å². The number of rotatable bonds is 2. The normalized spacial score (nSPS) is 16.1. The molecule has 1 aromatic heterocycles. The lowest BCUT2D eigenvalue weighted by Gasteiger charge is -2.11. The fourth-order valence-corrected chi connectivity index (χ4v) is 2.89. The fourth-order valence-electron chi connectivity index (χ4n) is 2.70. The van der Waals surface area contributed by atoms with Gasteiger partial charge in [0.15, 0.2) is 6.10 Å². The number of benzene rings is 2. The number of nitrogens with one attached hydrogen (secondary N) is 3. The number of hydrogen-bond acceptors (Lipinski definition) is 3. The summed E-state index contributed by atoms with van der Waals surface area (Å²) >= 11 is 5.95. The third-order valence-corrected chi connectivity index (χ3v) is 4.01. The summed E-state index contributed by atoms with van der Waals surface area (Å²) in [5.74, 6) is 0.439. The van der Waals surface area contributed by atoms with Gasteiger partial charge in [0, 0.05) is 17.1 Å². The van der Waals surface area contributed by atoms with Crippen molar-refractivity contribution < 1.29 is 9.53 Å². The summed E-state index contributed by atoms with van der Waals surface area (Å²) in [5, 5.41) is 3.42. The average molecular weight is 330 g/mol. The Labute approximate surface area is 135 Å². The van der Waals surface area contributed by atoms with Crippen molar-refractivity contribution >= 4 is 34.2 Å². The Kier molecular flexibility index (Phi) is 3.12. The van der Waals surface area contributed by atoms with Gasteiger partial charge in [-0.1, -0.05) is 11.6 Å². The molecule has 7 heteroatoms. The first-order valence-corrected chi connectivity index (χ1v) is 7.44. The molecule has 0 saturated carbocycles. The summed E-state index contributed by atoms with van der Waals surface area (Å²) in [5.41, 5.74) is 2.55. The molecular weight excluding hydrogens is 318 g/mol. The standard InChI is InChI=1S/C16H12ClN3O3/c17-9-1-4-13-8(5-9)6-14(23-13)15(21)18-10-2-3-11-12(7-10)20-16(22)19-11/h1-5,7,14H,6H2,(H,18,21)(H2,19,20,22). The summed E-state index contributed by atoms with van der Waals surface area (Å²) in [4.78, 5) is 28.9. The topological polar surface area (TPSA) is 87.0 Å². The van der Waals surface area contributed by atoms with Gasteiger partial charge in [-0.15, -0.1) is 0 Å². The van der Waals surface area contributed by atoms with Gasteiger partial charge in [-0.25, -0.2) is 4.79 Å². The number of fused-ring (bicyclic) bond motifs is 2. The lowest BCUT2D eigenvalue weighted by molar-refractivity contribution is -0.122. The van der Waals surface area contributed by atoms with E-state index in [1.165, 1.54) is 0 Å². The molecule has 1 amide bonds. The molecule has 2 aromatic carbocycles. The first-order valence-electron chi connectivity index (χ1n) is 7.06. The van der Waals surface area contributed by atoms with Gasteiger partial charge in [-0.3, -0.25) is 4.79 Å². The molecule has 3 aromatic rings. The molecule has 0 radical (unpaired) electrons. The predicted octanol–water partition coefficient (Wildman–Crippen LogP) is 2.45. The summed E-state index contributed by atoms with van der Waals surface area (Å²) in [6.45, 7) is 0. The number of H-pyrrole nitrogens is 2. The number of carbonyl (C=O) groups excluding carboxylic acids is 1. The molecule has 3 N–H and O–H groups in total. The van der Waals surface area contributed by atoms with Crippen LogP contribution in [0.3, 0.4) is 0 Å². The summed E-state index contributed by atoms with van der Waals surface area (Å²) in [7, 11) is 0. The van der Waals surface area contributed by atoms with E-state index >= 15 is 0 Å². The van der Waals surface area contributed by atoms with E-state index < -0.39 is 6.10 Å². The molecule has 0 bridgehead atoms. The Morgan fingerprint density at radius 1 is 1.17 bits per heavy atom. The van der Waals surface area contributed by atoms with Crippen LogP contribution < -0.4 is 15.7 Å². The molecule has 2 heterocycles. The Morgan fingerprint density at radius 3 is 2.87 bits per heavy atom. The van der Waals surface area contributed by atoms with Gasteiger partial charge in [-0.2, -0.15) is 0 Å². The van der Waals surface area contributed by atoms with Crippen LogP contribution in [0.2, 0.25) is 5.02 Å². The number of hydrogen-bond donors (Lipinski definition) is 3. The van der Waals surface area contributed by atoms with Gasteiger partial charge in [0.25, 0.3) is 5.91 Å². The molecule has 6 nitrogen and oxygen atoms in total. The Bertz CT molecular complexity index is 976. The van der Waals surface area contributed by atoms with Crippen LogP contribution in [0.1, 0.15) is 5.56 Å². The molecule has 1 aliphatic heterocycles. The fraction of sp³-hybridized carbons (Fsp3) is 0.125. The van der Waals surface area contributed by atoms with Gasteiger partial charge in [0.05, 0.1) is 11.0 Å². The number of imidazole rings is 1. The zero-order valence-electron chi connectivity index (χ0n) is 11.9. The quantitative estimate of drug-likeness (QED) is 0.675. The Balaban J connectivity index is 1.52. The molecule has 0 aliphatic carbocycles. The Morgan fingerprint density at radius 2 is 2.00 bits per heavy atom. The number of aromatic nitrogens is 2. The van der Waals surface area contributed by atoms with Crippen LogP contribution in [-0.4, -0.2) is 22.0 Å². The van der Waals surface area contributed by atoms with Crippen molar-refractivity contribution in [3.8, 4) is 5.75 Å². The largest absolute Gasteiger partial charge is 0.480 e. The summed E-state index contributed by atoms with van der Waals surface area (Å²) in [6.07, 6.45) is -0.116. The molecule has 116 valence electrons. The number of halogens is 1. The first-order chi connectivity index (χ1) is 11.1. The zero-order valence-corrected chi connectivity index (χ0v) is 12.6. The molecule has 4 rings (SSSR count). The van der Waals surface area contributed by atoms with Gasteiger partial charge < -0.3 is 20.0 Å². The highest BCUT2D eigenvalue weighted by Crippen LogP contribution is 2.31. The van der Waals surface area contributed by atoms with E-state index in [1.54, 1.807) is 36.4 Å². The molecule has 0 spiro atoms. The van der Waals surface area contributed by atoms with E-state index in [0.717, 1.165) is 5.56 Å². The van der Waals surface area contributed by atoms with E-state index in [1.807, 2.05) is 0 Å². The van der Waals surface area contributed by atoms with Crippen molar-refractivity contribution in [1.29, 1.82) is 0 Å². The molecule has 1 atom stereocenters. The number of anilines is 1. The van der Waals surface area contributed by atoms with Crippen molar-refractivity contribution in [3.63, 3.8) is 0 Å². The maximum atomic E-state index is 12.4. The van der Waals surface area contributed by atoms with Gasteiger partial charge in [-0.05, 0) is 42.0 Å². The van der Waals surface area contributed by atoms with E-state index in [2.05, 4.69) is 15.3 Å². The lowest BCUT2D eigenvalue weighted by Crippen LogP contribution is -2.31. The Hall–Kier alpha value is -2.73. The molecule has 23 heavy (non-hydrogen) atoms. The summed E-state index contributed by atoms with van der Waals surface area (Å²) < 4.78 is 5.65. The number of amides is 1. The van der Waals surface area contributed by atoms with Crippen LogP contribution >= 0.6 is 11.6 Å². The second kappa shape index (κ2) is 5.17. The maximum Gasteiger partial charge on any atom is 0.323 e. The van der Waals surface area contributed by atoms with Crippen LogP contribution in [0.4, 0.5) is 5.69 Å². The highest BCUT2D eigenvalue weighted by Gasteiger charge is 2.29. The van der Waals surface area contributed by atoms with Crippen LogP contribution in [0.25, 0.3) is 11.0 Å². The van der Waals surface area contributed by atoms with E-state index in [-0.39, 0.29) is 11.6 Å². The van der Waals surface area contributed by atoms with Gasteiger partial charge >= 0.3 is 5.69 Å². The second-order valence-corrected chi connectivity index (χ2v) is 5.83. The molecule has 1 unspecified atom stereocenters. The smallest absolute Gasteiger partial charge is 0.323 e. The minimum Gasteiger partial charge on any atom is -0.480 e. The lowest BCUT2D eigenvalue weighted by atomic mass is 10.1. The number of carbonyl (C=O) groups is 1. The van der Waals surface area contributed by atoms with Crippen molar-refractivity contribution in [2.24, 2.45) is 0 Å². The third-order valence-electron chi connectivity index (χ3n) is 3.77. The molecule has 0 saturated heterocycles. The number of ether oxygens (including phenoxy) is 1. The average Bonchev–Trinajstić information content (AvgIpc) is 3.08. The minimum absolute atomic E-state index is 0.241. The van der Waals surface area contributed by atoms with Crippen molar-refractivity contribution in [2.75, 3.05) is 5.32 Å². The van der Waals surface area contributed by atoms with Crippen LogP contribution in [0.5, 0.6) is 5.75 Å². The van der Waals surface area contributed by atoms with Crippen molar-refractivity contribution in [3.05, 3.63) is 57.5 Å². The number of aromatic amines is 2. The van der Waals surface area contributed by atoms with E-state index in [4.69, 9.17) is 16.3 Å². The zero-order chi connectivity index (χ0) is 16.0. The van der Waals surface area contributed by atoms with Crippen molar-refractivity contribution in [1.82, 2.24) is 9.97 Å². The second-order valence-electron chi connectivity index (χ2n) is 5.39. The maximum absolute atomic E-state index is 12.4. The SMILES string of the molecule is O=C(Nc1ccc2[nH]c(=O)[nH]c2c1)C1Cc2cc(Cl)ccc2O1. The monoisotopic (exact) mass is 329 g/mol.